The van der Waals surface area contributed by atoms with Crippen molar-refractivity contribution >= 4 is 29.1 Å². The molecule has 124 valence electrons. The van der Waals surface area contributed by atoms with Gasteiger partial charge >= 0.3 is 0 Å². The third-order valence-corrected chi connectivity index (χ3v) is 4.69. The second kappa shape index (κ2) is 6.97. The lowest BCUT2D eigenvalue weighted by molar-refractivity contribution is -0.123. The molecule has 7 heteroatoms. The van der Waals surface area contributed by atoms with Gasteiger partial charge in [-0.3, -0.25) is 19.4 Å². The summed E-state index contributed by atoms with van der Waals surface area (Å²) in [7, 11) is 0. The lowest BCUT2D eigenvalue weighted by Gasteiger charge is -2.36. The quantitative estimate of drug-likeness (QED) is 0.814. The monoisotopic (exact) mass is 337 g/mol. The van der Waals surface area contributed by atoms with Crippen LogP contribution in [0.3, 0.4) is 0 Å². The van der Waals surface area contributed by atoms with Crippen LogP contribution in [0.4, 0.5) is 5.69 Å². The van der Waals surface area contributed by atoms with Gasteiger partial charge in [-0.25, -0.2) is 4.90 Å². The Morgan fingerprint density at radius 2 is 1.91 bits per heavy atom. The van der Waals surface area contributed by atoms with Crippen LogP contribution in [0.1, 0.15) is 6.42 Å². The average Bonchev–Trinajstić information content (AvgIpc) is 2.83. The number of amides is 2. The fraction of sp³-hybridized carbons (Fsp3) is 0.500. The molecular formula is C16H20ClN3O3. The van der Waals surface area contributed by atoms with E-state index >= 15 is 0 Å². The molecule has 0 unspecified atom stereocenters. The second-order valence-electron chi connectivity index (χ2n) is 5.87. The number of hydrogen-bond donors (Lipinski definition) is 1. The number of aliphatic hydroxyl groups is 1. The Morgan fingerprint density at radius 1 is 1.17 bits per heavy atom. The van der Waals surface area contributed by atoms with Gasteiger partial charge in [-0.15, -0.1) is 0 Å². The molecule has 0 aromatic heterocycles. The first-order valence-corrected chi connectivity index (χ1v) is 8.17. The Kier molecular flexibility index (Phi) is 4.96. The summed E-state index contributed by atoms with van der Waals surface area (Å²) in [5, 5.41) is 9.49. The van der Waals surface area contributed by atoms with Crippen molar-refractivity contribution in [2.45, 2.75) is 12.5 Å². The Bertz CT molecular complexity index is 602. The van der Waals surface area contributed by atoms with E-state index in [1.165, 1.54) is 4.90 Å². The predicted molar refractivity (Wildman–Crippen MR) is 87.4 cm³/mol. The Morgan fingerprint density at radius 3 is 2.57 bits per heavy atom. The maximum atomic E-state index is 12.7. The number of carbonyl (C=O) groups excluding carboxylic acids is 2. The zero-order valence-electron chi connectivity index (χ0n) is 12.8. The zero-order valence-corrected chi connectivity index (χ0v) is 13.6. The summed E-state index contributed by atoms with van der Waals surface area (Å²) in [5.41, 5.74) is 0.536. The van der Waals surface area contributed by atoms with Crippen molar-refractivity contribution in [1.29, 1.82) is 0 Å². The molecule has 0 radical (unpaired) electrons. The number of aliphatic hydroxyl groups excluding tert-OH is 1. The van der Waals surface area contributed by atoms with Crippen molar-refractivity contribution in [1.82, 2.24) is 9.80 Å². The van der Waals surface area contributed by atoms with E-state index in [4.69, 9.17) is 16.7 Å². The smallest absolute Gasteiger partial charge is 0.251 e. The van der Waals surface area contributed by atoms with Crippen LogP contribution in [0, 0.1) is 0 Å². The second-order valence-corrected chi connectivity index (χ2v) is 6.30. The van der Waals surface area contributed by atoms with Crippen molar-refractivity contribution in [2.75, 3.05) is 44.2 Å². The number of carbonyl (C=O) groups is 2. The van der Waals surface area contributed by atoms with Crippen LogP contribution >= 0.6 is 11.6 Å². The van der Waals surface area contributed by atoms with Gasteiger partial charge in [0.15, 0.2) is 0 Å². The highest BCUT2D eigenvalue weighted by Gasteiger charge is 2.43. The van der Waals surface area contributed by atoms with E-state index < -0.39 is 6.04 Å². The van der Waals surface area contributed by atoms with Crippen LogP contribution < -0.4 is 4.90 Å². The van der Waals surface area contributed by atoms with E-state index in [2.05, 4.69) is 9.80 Å². The number of anilines is 1. The number of β-amino-alcohol motifs (C(OH)–C–C–N with tert-alkyl or cyclic N) is 1. The van der Waals surface area contributed by atoms with E-state index in [-0.39, 0.29) is 24.8 Å². The average molecular weight is 338 g/mol. The molecule has 1 atom stereocenters. The van der Waals surface area contributed by atoms with Gasteiger partial charge in [-0.05, 0) is 18.2 Å². The summed E-state index contributed by atoms with van der Waals surface area (Å²) in [6.45, 7) is 3.86. The van der Waals surface area contributed by atoms with Crippen molar-refractivity contribution in [3.8, 4) is 0 Å². The third kappa shape index (κ3) is 3.40. The minimum Gasteiger partial charge on any atom is -0.395 e. The van der Waals surface area contributed by atoms with E-state index in [0.717, 1.165) is 26.2 Å². The Balaban J connectivity index is 1.70. The first kappa shape index (κ1) is 16.4. The maximum Gasteiger partial charge on any atom is 0.251 e. The van der Waals surface area contributed by atoms with Crippen LogP contribution in [-0.2, 0) is 9.59 Å². The van der Waals surface area contributed by atoms with Gasteiger partial charge < -0.3 is 5.11 Å². The number of rotatable bonds is 4. The number of benzene rings is 1. The highest BCUT2D eigenvalue weighted by Crippen LogP contribution is 2.28. The minimum absolute atomic E-state index is 0.142. The molecule has 0 spiro atoms. The molecule has 2 aliphatic heterocycles. The molecule has 2 saturated heterocycles. The summed E-state index contributed by atoms with van der Waals surface area (Å²) in [5.74, 6) is -0.354. The number of piperazine rings is 1. The molecule has 0 aliphatic carbocycles. The molecule has 1 aromatic carbocycles. The summed E-state index contributed by atoms with van der Waals surface area (Å²) >= 11 is 5.96. The van der Waals surface area contributed by atoms with Gasteiger partial charge in [0.2, 0.25) is 5.91 Å². The third-order valence-electron chi connectivity index (χ3n) is 4.45. The van der Waals surface area contributed by atoms with Gasteiger partial charge in [0.25, 0.3) is 5.91 Å². The standard InChI is InChI=1S/C16H20ClN3O3/c17-12-2-1-3-13(10-12)20-15(22)11-14(16(20)23)19-6-4-18(5-7-19)8-9-21/h1-3,10,14,21H,4-9,11H2/t14-/m0/s1. The van der Waals surface area contributed by atoms with E-state index in [9.17, 15) is 9.59 Å². The molecule has 2 fully saturated rings. The van der Waals surface area contributed by atoms with E-state index in [1.54, 1.807) is 24.3 Å². The maximum absolute atomic E-state index is 12.7. The molecule has 0 saturated carbocycles. The summed E-state index contributed by atoms with van der Waals surface area (Å²) in [6.07, 6.45) is 0.214. The molecule has 1 aromatic rings. The van der Waals surface area contributed by atoms with Crippen molar-refractivity contribution in [3.05, 3.63) is 29.3 Å². The normalized spacial score (nSPS) is 23.7. The van der Waals surface area contributed by atoms with Crippen LogP contribution in [0.15, 0.2) is 24.3 Å². The SMILES string of the molecule is O=C1C[C@H](N2CCN(CCO)CC2)C(=O)N1c1cccc(Cl)c1. The molecular weight excluding hydrogens is 318 g/mol. The number of imide groups is 1. The molecule has 3 rings (SSSR count). The van der Waals surface area contributed by atoms with Crippen molar-refractivity contribution in [3.63, 3.8) is 0 Å². The highest BCUT2D eigenvalue weighted by molar-refractivity contribution is 6.31. The van der Waals surface area contributed by atoms with Gasteiger partial charge in [-0.2, -0.15) is 0 Å². The number of hydrogen-bond acceptors (Lipinski definition) is 5. The van der Waals surface area contributed by atoms with Crippen molar-refractivity contribution < 1.29 is 14.7 Å². The Labute approximate surface area is 140 Å². The van der Waals surface area contributed by atoms with Crippen molar-refractivity contribution in [2.24, 2.45) is 0 Å². The largest absolute Gasteiger partial charge is 0.395 e. The van der Waals surface area contributed by atoms with Crippen LogP contribution in [0.5, 0.6) is 0 Å². The Hall–Kier alpha value is -1.47. The van der Waals surface area contributed by atoms with Crippen LogP contribution in [-0.4, -0.2) is 72.1 Å². The molecule has 23 heavy (non-hydrogen) atoms. The number of nitrogens with zero attached hydrogens (tertiary/aromatic N) is 3. The molecule has 2 aliphatic rings. The van der Waals surface area contributed by atoms with E-state index in [0.29, 0.717) is 17.3 Å². The first-order chi connectivity index (χ1) is 11.1. The molecule has 2 amide bonds. The fourth-order valence-electron chi connectivity index (χ4n) is 3.23. The van der Waals surface area contributed by atoms with Gasteiger partial charge in [0.05, 0.1) is 24.8 Å². The van der Waals surface area contributed by atoms with Gasteiger partial charge in [-0.1, -0.05) is 17.7 Å². The van der Waals surface area contributed by atoms with Gasteiger partial charge in [0.1, 0.15) is 0 Å². The molecule has 6 nitrogen and oxygen atoms in total. The molecule has 2 heterocycles. The lowest BCUT2D eigenvalue weighted by atomic mass is 10.1. The predicted octanol–water partition coefficient (Wildman–Crippen LogP) is 0.582. The fourth-order valence-corrected chi connectivity index (χ4v) is 3.41. The minimum atomic E-state index is -0.391. The van der Waals surface area contributed by atoms with Crippen LogP contribution in [0.25, 0.3) is 0 Å². The van der Waals surface area contributed by atoms with Crippen LogP contribution in [0.2, 0.25) is 5.02 Å². The number of halogens is 1. The molecule has 0 bridgehead atoms. The topological polar surface area (TPSA) is 64.1 Å². The van der Waals surface area contributed by atoms with E-state index in [1.807, 2.05) is 0 Å². The summed E-state index contributed by atoms with van der Waals surface area (Å²) < 4.78 is 0. The first-order valence-electron chi connectivity index (χ1n) is 7.80. The summed E-state index contributed by atoms with van der Waals surface area (Å²) in [4.78, 5) is 30.5. The zero-order chi connectivity index (χ0) is 16.4. The lowest BCUT2D eigenvalue weighted by Crippen LogP contribution is -2.52. The summed E-state index contributed by atoms with van der Waals surface area (Å²) in [6, 6.07) is 6.42. The van der Waals surface area contributed by atoms with Gasteiger partial charge in [0, 0.05) is 37.7 Å². The molecule has 1 N–H and O–H groups in total. The highest BCUT2D eigenvalue weighted by atomic mass is 35.5.